The highest BCUT2D eigenvalue weighted by Gasteiger charge is 2.22. The van der Waals surface area contributed by atoms with Gasteiger partial charge in [0.05, 0.1) is 19.3 Å². The van der Waals surface area contributed by atoms with E-state index in [1.165, 1.54) is 0 Å². The van der Waals surface area contributed by atoms with Crippen molar-refractivity contribution in [1.82, 2.24) is 15.5 Å². The summed E-state index contributed by atoms with van der Waals surface area (Å²) in [6, 6.07) is 7.52. The first-order valence-corrected chi connectivity index (χ1v) is 10.3. The summed E-state index contributed by atoms with van der Waals surface area (Å²) < 4.78 is 11.3. The van der Waals surface area contributed by atoms with Gasteiger partial charge in [0.1, 0.15) is 5.75 Å². The van der Waals surface area contributed by atoms with Crippen molar-refractivity contribution in [3.63, 3.8) is 0 Å². The lowest BCUT2D eigenvalue weighted by molar-refractivity contribution is -0.132. The van der Waals surface area contributed by atoms with E-state index in [-0.39, 0.29) is 30.5 Å². The quantitative estimate of drug-likeness (QED) is 0.707. The zero-order chi connectivity index (χ0) is 19.8. The van der Waals surface area contributed by atoms with Crippen LogP contribution in [0.5, 0.6) is 5.75 Å². The Balaban J connectivity index is 1.58. The molecule has 0 radical (unpaired) electrons. The van der Waals surface area contributed by atoms with Crippen molar-refractivity contribution in [3.8, 4) is 5.75 Å². The number of nitrogens with zero attached hydrogens (tertiary/aromatic N) is 1. The van der Waals surface area contributed by atoms with Crippen LogP contribution in [-0.2, 0) is 14.3 Å². The number of rotatable bonds is 8. The Hall–Kier alpha value is -2.12. The first kappa shape index (κ1) is 20.6. The number of likely N-dealkylation sites (tertiary alicyclic amines) is 1. The van der Waals surface area contributed by atoms with E-state index < -0.39 is 0 Å². The van der Waals surface area contributed by atoms with Gasteiger partial charge >= 0.3 is 0 Å². The van der Waals surface area contributed by atoms with E-state index in [1.807, 2.05) is 36.1 Å². The lowest BCUT2D eigenvalue weighted by Gasteiger charge is -2.25. The molecule has 2 saturated heterocycles. The molecule has 7 nitrogen and oxygen atoms in total. The molecule has 0 aliphatic carbocycles. The molecular weight excluding hydrogens is 358 g/mol. The van der Waals surface area contributed by atoms with Gasteiger partial charge in [0, 0.05) is 37.7 Å². The summed E-state index contributed by atoms with van der Waals surface area (Å²) in [6.45, 7) is 5.71. The van der Waals surface area contributed by atoms with E-state index in [0.717, 1.165) is 44.5 Å². The second-order valence-corrected chi connectivity index (χ2v) is 7.37. The maximum Gasteiger partial charge on any atom is 0.260 e. The number of carbonyl (C=O) groups excluding carboxylic acids is 2. The largest absolute Gasteiger partial charge is 0.483 e. The summed E-state index contributed by atoms with van der Waals surface area (Å²) in [5.41, 5.74) is 0.903. The number of morpholine rings is 1. The maximum atomic E-state index is 12.5. The topological polar surface area (TPSA) is 79.9 Å². The molecule has 7 heteroatoms. The fourth-order valence-corrected chi connectivity index (χ4v) is 3.72. The first-order chi connectivity index (χ1) is 13.7. The van der Waals surface area contributed by atoms with Gasteiger partial charge in [-0.25, -0.2) is 0 Å². The zero-order valence-corrected chi connectivity index (χ0v) is 16.6. The molecule has 2 amide bonds. The average Bonchev–Trinajstić information content (AvgIpc) is 3.26. The molecule has 1 aromatic carbocycles. The van der Waals surface area contributed by atoms with Crippen molar-refractivity contribution in [3.05, 3.63) is 29.8 Å². The Morgan fingerprint density at radius 2 is 2.11 bits per heavy atom. The summed E-state index contributed by atoms with van der Waals surface area (Å²) in [4.78, 5) is 26.6. The number of para-hydroxylation sites is 1. The second kappa shape index (κ2) is 10.4. The van der Waals surface area contributed by atoms with Gasteiger partial charge in [0.2, 0.25) is 5.91 Å². The van der Waals surface area contributed by atoms with Crippen LogP contribution in [0.2, 0.25) is 0 Å². The first-order valence-electron chi connectivity index (χ1n) is 10.3. The van der Waals surface area contributed by atoms with E-state index in [4.69, 9.17) is 9.47 Å². The van der Waals surface area contributed by atoms with Crippen molar-refractivity contribution in [2.75, 3.05) is 39.5 Å². The van der Waals surface area contributed by atoms with Gasteiger partial charge < -0.3 is 25.0 Å². The summed E-state index contributed by atoms with van der Waals surface area (Å²) >= 11 is 0. The van der Waals surface area contributed by atoms with Crippen LogP contribution < -0.4 is 15.4 Å². The minimum atomic E-state index is -0.157. The highest BCUT2D eigenvalue weighted by molar-refractivity contribution is 5.78. The molecule has 0 bridgehead atoms. The summed E-state index contributed by atoms with van der Waals surface area (Å²) in [6.07, 6.45) is 3.24. The molecular formula is C21H31N3O4. The van der Waals surface area contributed by atoms with E-state index in [9.17, 15) is 9.59 Å². The monoisotopic (exact) mass is 389 g/mol. The molecule has 28 heavy (non-hydrogen) atoms. The lowest BCUT2D eigenvalue weighted by Crippen LogP contribution is -2.44. The molecule has 0 saturated carbocycles. The van der Waals surface area contributed by atoms with Crippen LogP contribution in [0.3, 0.4) is 0 Å². The number of benzene rings is 1. The van der Waals surface area contributed by atoms with E-state index in [2.05, 4.69) is 10.6 Å². The Morgan fingerprint density at radius 3 is 2.82 bits per heavy atom. The van der Waals surface area contributed by atoms with E-state index in [0.29, 0.717) is 25.4 Å². The highest BCUT2D eigenvalue weighted by Crippen LogP contribution is 2.27. The maximum absolute atomic E-state index is 12.5. The highest BCUT2D eigenvalue weighted by atomic mass is 16.5. The van der Waals surface area contributed by atoms with Crippen LogP contribution in [0.15, 0.2) is 24.3 Å². The van der Waals surface area contributed by atoms with Crippen molar-refractivity contribution < 1.29 is 19.1 Å². The zero-order valence-electron chi connectivity index (χ0n) is 16.6. The fraction of sp³-hybridized carbons (Fsp3) is 0.619. The predicted molar refractivity (Wildman–Crippen MR) is 106 cm³/mol. The van der Waals surface area contributed by atoms with Crippen LogP contribution >= 0.6 is 0 Å². The normalized spacial score (nSPS) is 20.6. The number of amides is 2. The van der Waals surface area contributed by atoms with Gasteiger partial charge in [-0.2, -0.15) is 0 Å². The summed E-state index contributed by atoms with van der Waals surface area (Å²) in [7, 11) is 0. The number of ether oxygens (including phenoxy) is 2. The van der Waals surface area contributed by atoms with Gasteiger partial charge in [-0.3, -0.25) is 9.59 Å². The molecule has 2 atom stereocenters. The van der Waals surface area contributed by atoms with E-state index in [1.54, 1.807) is 0 Å². The number of hydrogen-bond donors (Lipinski definition) is 2. The van der Waals surface area contributed by atoms with Gasteiger partial charge in [0.25, 0.3) is 5.91 Å². The van der Waals surface area contributed by atoms with Crippen LogP contribution in [-0.4, -0.2) is 62.2 Å². The molecule has 2 N–H and O–H groups in total. The molecule has 0 aromatic heterocycles. The number of carbonyl (C=O) groups is 2. The van der Waals surface area contributed by atoms with Crippen molar-refractivity contribution in [2.24, 2.45) is 0 Å². The van der Waals surface area contributed by atoms with Gasteiger partial charge in [-0.15, -0.1) is 0 Å². The molecule has 2 aliphatic rings. The Morgan fingerprint density at radius 1 is 1.32 bits per heavy atom. The number of hydrogen-bond acceptors (Lipinski definition) is 5. The minimum Gasteiger partial charge on any atom is -0.483 e. The smallest absolute Gasteiger partial charge is 0.260 e. The molecule has 0 spiro atoms. The third-order valence-corrected chi connectivity index (χ3v) is 5.28. The summed E-state index contributed by atoms with van der Waals surface area (Å²) in [5.74, 6) is 0.659. The standard InChI is InChI=1S/C21H31N3O4/c1-2-18(23-20(25)13-16-14-27-12-9-22-16)17-7-3-4-8-19(17)28-15-21(26)24-10-5-6-11-24/h3-4,7-8,16,18,22H,2,5-6,9-15H2,1H3,(H,23,25). The average molecular weight is 389 g/mol. The third kappa shape index (κ3) is 5.69. The summed E-state index contributed by atoms with van der Waals surface area (Å²) in [5, 5.41) is 6.40. The third-order valence-electron chi connectivity index (χ3n) is 5.28. The Labute approximate surface area is 166 Å². The van der Waals surface area contributed by atoms with Crippen LogP contribution in [0.1, 0.15) is 44.2 Å². The number of nitrogens with one attached hydrogen (secondary N) is 2. The Bertz CT molecular complexity index is 655. The van der Waals surface area contributed by atoms with Crippen LogP contribution in [0.25, 0.3) is 0 Å². The molecule has 3 rings (SSSR count). The van der Waals surface area contributed by atoms with Crippen molar-refractivity contribution in [2.45, 2.75) is 44.7 Å². The lowest BCUT2D eigenvalue weighted by atomic mass is 10.0. The van der Waals surface area contributed by atoms with Gasteiger partial charge in [-0.05, 0) is 25.3 Å². The van der Waals surface area contributed by atoms with Crippen molar-refractivity contribution in [1.29, 1.82) is 0 Å². The van der Waals surface area contributed by atoms with Crippen LogP contribution in [0.4, 0.5) is 0 Å². The predicted octanol–water partition coefficient (Wildman–Crippen LogP) is 1.63. The van der Waals surface area contributed by atoms with Crippen LogP contribution in [0, 0.1) is 0 Å². The van der Waals surface area contributed by atoms with Gasteiger partial charge in [0.15, 0.2) is 6.61 Å². The van der Waals surface area contributed by atoms with Gasteiger partial charge in [-0.1, -0.05) is 25.1 Å². The fourth-order valence-electron chi connectivity index (χ4n) is 3.72. The minimum absolute atomic E-state index is 0.0159. The van der Waals surface area contributed by atoms with E-state index >= 15 is 0 Å². The Kier molecular flexibility index (Phi) is 7.68. The molecule has 2 fully saturated rings. The molecule has 2 heterocycles. The molecule has 2 aliphatic heterocycles. The molecule has 2 unspecified atom stereocenters. The van der Waals surface area contributed by atoms with Crippen molar-refractivity contribution >= 4 is 11.8 Å². The second-order valence-electron chi connectivity index (χ2n) is 7.37. The molecule has 1 aromatic rings. The molecule has 154 valence electrons. The SMILES string of the molecule is CCC(NC(=O)CC1COCCN1)c1ccccc1OCC(=O)N1CCCC1.